The summed E-state index contributed by atoms with van der Waals surface area (Å²) in [5.74, 6) is -1.87. The summed E-state index contributed by atoms with van der Waals surface area (Å²) >= 11 is 0. The van der Waals surface area contributed by atoms with Crippen LogP contribution in [-0.2, 0) is 0 Å². The second-order valence-electron chi connectivity index (χ2n) is 2.03. The molecule has 0 aliphatic heterocycles. The first-order valence-electron chi connectivity index (χ1n) is 2.91. The van der Waals surface area contributed by atoms with Gasteiger partial charge >= 0.3 is 18.9 Å². The molecule has 0 saturated heterocycles. The number of hydrogen-bond acceptors (Lipinski definition) is 4. The Morgan fingerprint density at radius 1 is 1.50 bits per heavy atom. The number of benzene rings is 1. The molecule has 0 amide bonds. The average Bonchev–Trinajstić information content (AvgIpc) is 1.94. The van der Waals surface area contributed by atoms with Gasteiger partial charge in [-0.05, 0) is 12.1 Å². The van der Waals surface area contributed by atoms with E-state index in [0.717, 1.165) is 0 Å². The normalized spacial score (nSPS) is 8.67. The Morgan fingerprint density at radius 3 is 2.50 bits per heavy atom. The Balaban J connectivity index is 0.00000121. The van der Waals surface area contributed by atoms with Crippen LogP contribution in [-0.4, -0.2) is 11.1 Å². The molecule has 1 aromatic carbocycles. The van der Waals surface area contributed by atoms with Crippen LogP contribution < -0.4 is 29.7 Å². The van der Waals surface area contributed by atoms with Crippen molar-refractivity contribution in [1.82, 2.24) is 0 Å². The van der Waals surface area contributed by atoms with E-state index in [1.54, 1.807) is 0 Å². The van der Waals surface area contributed by atoms with E-state index in [1.807, 2.05) is 0 Å². The number of phenols is 1. The van der Waals surface area contributed by atoms with Gasteiger partial charge in [-0.3, -0.25) is 0 Å². The molecule has 0 aliphatic rings. The van der Waals surface area contributed by atoms with Crippen LogP contribution in [0.15, 0.2) is 18.2 Å². The molecule has 1 aromatic rings. The molecule has 0 radical (unpaired) electrons. The Hall–Kier alpha value is -1.11. The minimum atomic E-state index is -1.44. The number of aromatic hydroxyl groups is 1. The van der Waals surface area contributed by atoms with Gasteiger partial charge in [0.1, 0.15) is 5.75 Å². The number of nitrogen functional groups attached to an aromatic ring is 1. The summed E-state index contributed by atoms with van der Waals surface area (Å²) in [5.41, 5.74) is 4.96. The number of carbonyl (C=O) groups is 1. The molecule has 0 unspecified atom stereocenters. The third-order valence-corrected chi connectivity index (χ3v) is 1.29. The molecule has 12 heavy (non-hydrogen) atoms. The fourth-order valence-electron chi connectivity index (χ4n) is 0.726. The summed E-state index contributed by atoms with van der Waals surface area (Å²) in [5, 5.41) is 19.3. The van der Waals surface area contributed by atoms with Crippen LogP contribution in [0.3, 0.4) is 0 Å². The summed E-state index contributed by atoms with van der Waals surface area (Å²) in [4.78, 5) is 10.2. The second kappa shape index (κ2) is 4.05. The van der Waals surface area contributed by atoms with Crippen LogP contribution in [0, 0.1) is 0 Å². The number of para-hydroxylation sites is 1. The predicted molar refractivity (Wildman–Crippen MR) is 36.8 cm³/mol. The fraction of sp³-hybridized carbons (Fsp3) is 0. The predicted octanol–water partition coefficient (Wildman–Crippen LogP) is -3.66. The number of aromatic carboxylic acids is 1. The van der Waals surface area contributed by atoms with Gasteiger partial charge in [0.05, 0.1) is 11.7 Å². The molecule has 0 saturated carbocycles. The number of anilines is 1. The van der Waals surface area contributed by atoms with E-state index in [1.165, 1.54) is 18.2 Å². The monoisotopic (exact) mass is 159 g/mol. The van der Waals surface area contributed by atoms with Crippen molar-refractivity contribution in [1.29, 1.82) is 0 Å². The third-order valence-electron chi connectivity index (χ3n) is 1.29. The maximum Gasteiger partial charge on any atom is 1.00 e. The zero-order chi connectivity index (χ0) is 8.43. The summed E-state index contributed by atoms with van der Waals surface area (Å²) in [6.07, 6.45) is 0. The van der Waals surface area contributed by atoms with Gasteiger partial charge in [0, 0.05) is 5.56 Å². The number of rotatable bonds is 1. The largest absolute Gasteiger partial charge is 1.00 e. The van der Waals surface area contributed by atoms with Crippen LogP contribution in [0.1, 0.15) is 10.4 Å². The van der Waals surface area contributed by atoms with Gasteiger partial charge in [0.2, 0.25) is 0 Å². The number of carboxylic acids is 1. The molecular formula is C7H6LiNO3. The van der Waals surface area contributed by atoms with E-state index in [9.17, 15) is 9.90 Å². The van der Waals surface area contributed by atoms with Crippen molar-refractivity contribution in [2.45, 2.75) is 0 Å². The Labute approximate surface area is 81.2 Å². The van der Waals surface area contributed by atoms with Crippen molar-refractivity contribution < 1.29 is 33.9 Å². The van der Waals surface area contributed by atoms with Crippen molar-refractivity contribution in [3.63, 3.8) is 0 Å². The SMILES string of the molecule is Nc1cccc(C(=O)[O-])c1O.[Li+]. The molecule has 0 spiro atoms. The first-order valence-corrected chi connectivity index (χ1v) is 2.91. The van der Waals surface area contributed by atoms with Gasteiger partial charge in [-0.2, -0.15) is 0 Å². The molecule has 5 heteroatoms. The summed E-state index contributed by atoms with van der Waals surface area (Å²) in [7, 11) is 0. The van der Waals surface area contributed by atoms with E-state index >= 15 is 0 Å². The number of hydrogen-bond donors (Lipinski definition) is 2. The van der Waals surface area contributed by atoms with E-state index in [2.05, 4.69) is 0 Å². The smallest absolute Gasteiger partial charge is 0.545 e. The van der Waals surface area contributed by atoms with Crippen molar-refractivity contribution in [2.75, 3.05) is 5.73 Å². The molecule has 3 N–H and O–H groups in total. The van der Waals surface area contributed by atoms with Gasteiger partial charge in [0.15, 0.2) is 0 Å². The number of carbonyl (C=O) groups excluding carboxylic acids is 1. The van der Waals surface area contributed by atoms with Gasteiger partial charge in [0.25, 0.3) is 0 Å². The van der Waals surface area contributed by atoms with E-state index in [-0.39, 0.29) is 30.1 Å². The van der Waals surface area contributed by atoms with Crippen LogP contribution in [0.4, 0.5) is 5.69 Å². The zero-order valence-corrected chi connectivity index (χ0v) is 6.57. The maximum absolute atomic E-state index is 10.2. The zero-order valence-electron chi connectivity index (χ0n) is 6.57. The van der Waals surface area contributed by atoms with Crippen LogP contribution in [0.25, 0.3) is 0 Å². The van der Waals surface area contributed by atoms with Gasteiger partial charge in [-0.15, -0.1) is 0 Å². The van der Waals surface area contributed by atoms with Crippen molar-refractivity contribution in [2.24, 2.45) is 0 Å². The van der Waals surface area contributed by atoms with Crippen molar-refractivity contribution in [3.05, 3.63) is 23.8 Å². The van der Waals surface area contributed by atoms with Crippen molar-refractivity contribution >= 4 is 11.7 Å². The van der Waals surface area contributed by atoms with Crippen LogP contribution in [0.2, 0.25) is 0 Å². The molecule has 0 aliphatic carbocycles. The summed E-state index contributed by atoms with van der Waals surface area (Å²) < 4.78 is 0. The molecule has 0 bridgehead atoms. The topological polar surface area (TPSA) is 86.4 Å². The Kier molecular flexibility index (Phi) is 3.67. The van der Waals surface area contributed by atoms with E-state index in [4.69, 9.17) is 10.8 Å². The average molecular weight is 159 g/mol. The quantitative estimate of drug-likeness (QED) is 0.251. The fourth-order valence-corrected chi connectivity index (χ4v) is 0.726. The molecule has 0 fully saturated rings. The van der Waals surface area contributed by atoms with Gasteiger partial charge in [-0.1, -0.05) is 6.07 Å². The molecule has 1 rings (SSSR count). The first-order chi connectivity index (χ1) is 5.13. The third kappa shape index (κ3) is 1.94. The number of carboxylic acid groups (broad SMARTS) is 1. The maximum atomic E-state index is 10.2. The summed E-state index contributed by atoms with van der Waals surface area (Å²) in [6, 6.07) is 4.06. The van der Waals surface area contributed by atoms with E-state index in [0.29, 0.717) is 0 Å². The first kappa shape index (κ1) is 10.9. The minimum absolute atomic E-state index is 0. The van der Waals surface area contributed by atoms with Crippen molar-refractivity contribution in [3.8, 4) is 5.75 Å². The Morgan fingerprint density at radius 2 is 2.08 bits per heavy atom. The Bertz CT molecular complexity index is 301. The van der Waals surface area contributed by atoms with E-state index < -0.39 is 11.7 Å². The molecule has 4 nitrogen and oxygen atoms in total. The second-order valence-corrected chi connectivity index (χ2v) is 2.03. The molecule has 0 atom stereocenters. The molecule has 0 heterocycles. The van der Waals surface area contributed by atoms with Crippen LogP contribution >= 0.6 is 0 Å². The standard InChI is InChI=1S/C7H7NO3.Li/c8-5-3-1-2-4(6(5)9)7(10)11;/h1-3,9H,8H2,(H,10,11);/q;+1/p-1. The molecule has 0 aromatic heterocycles. The van der Waals surface area contributed by atoms with Gasteiger partial charge < -0.3 is 20.7 Å². The van der Waals surface area contributed by atoms with Gasteiger partial charge in [-0.25, -0.2) is 0 Å². The summed E-state index contributed by atoms with van der Waals surface area (Å²) in [6.45, 7) is 0. The molecule has 58 valence electrons. The minimum Gasteiger partial charge on any atom is -0.545 e. The number of nitrogens with two attached hydrogens (primary N) is 1. The molecular weight excluding hydrogens is 153 g/mol. The van der Waals surface area contributed by atoms with Crippen LogP contribution in [0.5, 0.6) is 5.75 Å².